The van der Waals surface area contributed by atoms with Crippen molar-refractivity contribution in [1.82, 2.24) is 4.90 Å². The Balaban J connectivity index is 1.67. The third-order valence-electron chi connectivity index (χ3n) is 3.55. The first-order valence-electron chi connectivity index (χ1n) is 6.40. The summed E-state index contributed by atoms with van der Waals surface area (Å²) in [5.74, 6) is 0. The van der Waals surface area contributed by atoms with Crippen LogP contribution in [0.15, 0.2) is 35.7 Å². The molecule has 0 aliphatic carbocycles. The van der Waals surface area contributed by atoms with Gasteiger partial charge in [0, 0.05) is 31.1 Å². The quantitative estimate of drug-likeness (QED) is 0.917. The molecule has 0 fully saturated rings. The predicted octanol–water partition coefficient (Wildman–Crippen LogP) is 2.77. The average molecular weight is 258 g/mol. The van der Waals surface area contributed by atoms with Crippen molar-refractivity contribution < 1.29 is 0 Å². The Morgan fingerprint density at radius 2 is 1.89 bits per heavy atom. The van der Waals surface area contributed by atoms with E-state index in [1.165, 1.54) is 29.7 Å². The molecule has 2 nitrogen and oxygen atoms in total. The molecule has 2 aromatic rings. The lowest BCUT2D eigenvalue weighted by Gasteiger charge is -2.26. The van der Waals surface area contributed by atoms with Gasteiger partial charge in [0.25, 0.3) is 0 Å². The summed E-state index contributed by atoms with van der Waals surface area (Å²) in [4.78, 5) is 4.09. The van der Waals surface area contributed by atoms with Crippen molar-refractivity contribution in [3.8, 4) is 0 Å². The first kappa shape index (κ1) is 11.9. The summed E-state index contributed by atoms with van der Waals surface area (Å²) < 4.78 is 0. The van der Waals surface area contributed by atoms with Gasteiger partial charge in [0.2, 0.25) is 0 Å². The minimum absolute atomic E-state index is 0.627. The summed E-state index contributed by atoms with van der Waals surface area (Å²) in [6.45, 7) is 3.94. The maximum atomic E-state index is 5.62. The van der Waals surface area contributed by atoms with Crippen LogP contribution in [0.5, 0.6) is 0 Å². The number of nitrogens with zero attached hydrogens (tertiary/aromatic N) is 1. The van der Waals surface area contributed by atoms with E-state index in [9.17, 15) is 0 Å². The largest absolute Gasteiger partial charge is 0.326 e. The van der Waals surface area contributed by atoms with Crippen LogP contribution in [0.2, 0.25) is 0 Å². The lowest BCUT2D eigenvalue weighted by atomic mass is 10.1. The molecule has 18 heavy (non-hydrogen) atoms. The molecule has 2 N–H and O–H groups in total. The average Bonchev–Trinajstić information content (AvgIpc) is 2.87. The van der Waals surface area contributed by atoms with Crippen LogP contribution in [0, 0.1) is 0 Å². The van der Waals surface area contributed by atoms with Crippen molar-refractivity contribution >= 4 is 11.3 Å². The maximum Gasteiger partial charge on any atom is 0.0248 e. The van der Waals surface area contributed by atoms with Crippen LogP contribution in [-0.2, 0) is 26.1 Å². The normalized spacial score (nSPS) is 15.6. The highest BCUT2D eigenvalue weighted by atomic mass is 32.1. The van der Waals surface area contributed by atoms with Crippen LogP contribution in [-0.4, -0.2) is 11.4 Å². The number of fused-ring (bicyclic) bond motifs is 1. The smallest absolute Gasteiger partial charge is 0.0248 e. The van der Waals surface area contributed by atoms with Crippen molar-refractivity contribution in [2.75, 3.05) is 6.54 Å². The minimum Gasteiger partial charge on any atom is -0.326 e. The topological polar surface area (TPSA) is 29.3 Å². The molecule has 1 aliphatic rings. The molecule has 0 spiro atoms. The molecule has 1 aromatic carbocycles. The Morgan fingerprint density at radius 3 is 2.67 bits per heavy atom. The van der Waals surface area contributed by atoms with E-state index < -0.39 is 0 Å². The lowest BCUT2D eigenvalue weighted by Crippen LogP contribution is -2.29. The zero-order valence-corrected chi connectivity index (χ0v) is 11.2. The molecule has 0 unspecified atom stereocenters. The van der Waals surface area contributed by atoms with Crippen molar-refractivity contribution in [1.29, 1.82) is 0 Å². The van der Waals surface area contributed by atoms with Crippen molar-refractivity contribution in [2.24, 2.45) is 5.73 Å². The Hall–Kier alpha value is -1.16. The molecule has 1 aromatic heterocycles. The summed E-state index contributed by atoms with van der Waals surface area (Å²) in [6, 6.07) is 10.9. The van der Waals surface area contributed by atoms with Gasteiger partial charge < -0.3 is 5.73 Å². The Bertz CT molecular complexity index is 516. The summed E-state index contributed by atoms with van der Waals surface area (Å²) in [5, 5.41) is 2.21. The molecule has 0 saturated heterocycles. The third-order valence-corrected chi connectivity index (χ3v) is 4.57. The number of hydrogen-bond donors (Lipinski definition) is 1. The second-order valence-electron chi connectivity index (χ2n) is 4.85. The van der Waals surface area contributed by atoms with Crippen molar-refractivity contribution in [2.45, 2.75) is 26.1 Å². The van der Waals surface area contributed by atoms with Gasteiger partial charge in [-0.3, -0.25) is 4.90 Å². The Labute approximate surface area is 112 Å². The van der Waals surface area contributed by atoms with Gasteiger partial charge in [-0.05, 0) is 34.6 Å². The van der Waals surface area contributed by atoms with E-state index in [1.807, 2.05) is 11.3 Å². The summed E-state index contributed by atoms with van der Waals surface area (Å²) >= 11 is 1.90. The van der Waals surface area contributed by atoms with Crippen LogP contribution < -0.4 is 5.73 Å². The molecular weight excluding hydrogens is 240 g/mol. The van der Waals surface area contributed by atoms with Gasteiger partial charge in [0.15, 0.2) is 0 Å². The molecule has 0 atom stereocenters. The van der Waals surface area contributed by atoms with E-state index in [0.29, 0.717) is 6.54 Å². The van der Waals surface area contributed by atoms with E-state index in [-0.39, 0.29) is 0 Å². The van der Waals surface area contributed by atoms with Crippen LogP contribution >= 0.6 is 11.3 Å². The molecule has 0 radical (unpaired) electrons. The second-order valence-corrected chi connectivity index (χ2v) is 5.85. The van der Waals surface area contributed by atoms with Gasteiger partial charge in [-0.15, -0.1) is 11.3 Å². The van der Waals surface area contributed by atoms with Gasteiger partial charge in [-0.25, -0.2) is 0 Å². The van der Waals surface area contributed by atoms with Crippen LogP contribution in [0.3, 0.4) is 0 Å². The van der Waals surface area contributed by atoms with Crippen LogP contribution in [0.1, 0.15) is 21.6 Å². The SMILES string of the molecule is NCc1ccc(CN2CCc3sccc3C2)cc1. The van der Waals surface area contributed by atoms with E-state index >= 15 is 0 Å². The molecule has 0 saturated carbocycles. The standard InChI is InChI=1S/C15H18N2S/c16-9-12-1-3-13(4-2-12)10-17-7-5-15-14(11-17)6-8-18-15/h1-4,6,8H,5,7,9-11,16H2. The zero-order valence-electron chi connectivity index (χ0n) is 10.4. The number of thiophene rings is 1. The number of hydrogen-bond acceptors (Lipinski definition) is 3. The first-order chi connectivity index (χ1) is 8.85. The van der Waals surface area contributed by atoms with Gasteiger partial charge >= 0.3 is 0 Å². The van der Waals surface area contributed by atoms with Crippen LogP contribution in [0.25, 0.3) is 0 Å². The molecule has 3 heteroatoms. The number of nitrogens with two attached hydrogens (primary N) is 1. The number of rotatable bonds is 3. The second kappa shape index (κ2) is 5.22. The lowest BCUT2D eigenvalue weighted by molar-refractivity contribution is 0.247. The first-order valence-corrected chi connectivity index (χ1v) is 7.28. The minimum atomic E-state index is 0.627. The molecular formula is C15H18N2S. The summed E-state index contributed by atoms with van der Waals surface area (Å²) in [7, 11) is 0. The van der Waals surface area contributed by atoms with Gasteiger partial charge in [0.05, 0.1) is 0 Å². The maximum absolute atomic E-state index is 5.62. The van der Waals surface area contributed by atoms with Crippen molar-refractivity contribution in [3.63, 3.8) is 0 Å². The van der Waals surface area contributed by atoms with E-state index in [4.69, 9.17) is 5.73 Å². The predicted molar refractivity (Wildman–Crippen MR) is 76.5 cm³/mol. The Kier molecular flexibility index (Phi) is 3.46. The van der Waals surface area contributed by atoms with Crippen LogP contribution in [0.4, 0.5) is 0 Å². The fourth-order valence-electron chi connectivity index (χ4n) is 2.48. The zero-order chi connectivity index (χ0) is 12.4. The monoisotopic (exact) mass is 258 g/mol. The summed E-state index contributed by atoms with van der Waals surface area (Å²) in [6.07, 6.45) is 1.20. The highest BCUT2D eigenvalue weighted by molar-refractivity contribution is 7.10. The van der Waals surface area contributed by atoms with E-state index in [0.717, 1.165) is 13.1 Å². The number of benzene rings is 1. The van der Waals surface area contributed by atoms with E-state index in [1.54, 1.807) is 4.88 Å². The Morgan fingerprint density at radius 1 is 1.11 bits per heavy atom. The molecule has 3 rings (SSSR count). The molecule has 2 heterocycles. The summed E-state index contributed by atoms with van der Waals surface area (Å²) in [5.41, 5.74) is 9.72. The molecule has 1 aliphatic heterocycles. The highest BCUT2D eigenvalue weighted by Crippen LogP contribution is 2.24. The van der Waals surface area contributed by atoms with Gasteiger partial charge in [0.1, 0.15) is 0 Å². The third kappa shape index (κ3) is 2.48. The van der Waals surface area contributed by atoms with E-state index in [2.05, 4.69) is 40.6 Å². The van der Waals surface area contributed by atoms with Crippen molar-refractivity contribution in [3.05, 3.63) is 57.3 Å². The van der Waals surface area contributed by atoms with Gasteiger partial charge in [-0.1, -0.05) is 24.3 Å². The van der Waals surface area contributed by atoms with Gasteiger partial charge in [-0.2, -0.15) is 0 Å². The molecule has 0 amide bonds. The molecule has 94 valence electrons. The molecule has 0 bridgehead atoms. The fourth-order valence-corrected chi connectivity index (χ4v) is 3.37. The highest BCUT2D eigenvalue weighted by Gasteiger charge is 2.16. The fraction of sp³-hybridized carbons (Fsp3) is 0.333.